The molecule has 5 nitrogen and oxygen atoms in total. The number of hydrogen-bond acceptors (Lipinski definition) is 5. The molecule has 0 aliphatic heterocycles. The highest BCUT2D eigenvalue weighted by Crippen LogP contribution is 2.10. The number of benzene rings is 1. The van der Waals surface area contributed by atoms with Crippen molar-refractivity contribution < 1.29 is 14.3 Å². The van der Waals surface area contributed by atoms with Crippen LogP contribution in [0.15, 0.2) is 41.6 Å². The molecule has 6 heteroatoms. The molecule has 0 atom stereocenters. The lowest BCUT2D eigenvalue weighted by atomic mass is 10.1. The van der Waals surface area contributed by atoms with Gasteiger partial charge in [-0.25, -0.2) is 4.79 Å². The Morgan fingerprint density at radius 3 is 2.52 bits per heavy atom. The van der Waals surface area contributed by atoms with E-state index in [9.17, 15) is 9.59 Å². The highest BCUT2D eigenvalue weighted by Gasteiger charge is 2.13. The maximum absolute atomic E-state index is 11.6. The molecule has 0 heterocycles. The summed E-state index contributed by atoms with van der Waals surface area (Å²) in [4.78, 5) is 23.0. The number of esters is 1. The Balaban J connectivity index is 2.55. The summed E-state index contributed by atoms with van der Waals surface area (Å²) in [5.41, 5.74) is 6.02. The van der Waals surface area contributed by atoms with E-state index in [2.05, 4.69) is 0 Å². The van der Waals surface area contributed by atoms with E-state index in [1.165, 1.54) is 19.1 Å². The SMILES string of the molecule is C/C(N)=C(/C#N)C(=O)COC(=O)/C=C/c1ccc(Cl)cc1. The Morgan fingerprint density at radius 1 is 1.38 bits per heavy atom. The minimum absolute atomic E-state index is 0.0928. The van der Waals surface area contributed by atoms with Gasteiger partial charge in [0.15, 0.2) is 6.61 Å². The number of ketones is 1. The summed E-state index contributed by atoms with van der Waals surface area (Å²) in [6.45, 7) is 0.903. The average Bonchev–Trinajstić information content (AvgIpc) is 2.45. The first-order valence-corrected chi connectivity index (χ1v) is 6.32. The van der Waals surface area contributed by atoms with Gasteiger partial charge in [-0.15, -0.1) is 0 Å². The number of carbonyl (C=O) groups excluding carboxylic acids is 2. The van der Waals surface area contributed by atoms with E-state index in [4.69, 9.17) is 27.3 Å². The lowest BCUT2D eigenvalue weighted by Gasteiger charge is -2.01. The van der Waals surface area contributed by atoms with Crippen LogP contribution in [0.4, 0.5) is 0 Å². The summed E-state index contributed by atoms with van der Waals surface area (Å²) >= 11 is 5.73. The molecule has 0 aliphatic carbocycles. The van der Waals surface area contributed by atoms with Gasteiger partial charge in [-0.1, -0.05) is 23.7 Å². The summed E-state index contributed by atoms with van der Waals surface area (Å²) in [7, 11) is 0. The van der Waals surface area contributed by atoms with E-state index in [0.29, 0.717) is 5.02 Å². The van der Waals surface area contributed by atoms with Crippen molar-refractivity contribution in [2.24, 2.45) is 5.73 Å². The van der Waals surface area contributed by atoms with Gasteiger partial charge in [0.2, 0.25) is 5.78 Å². The molecule has 1 rings (SSSR count). The number of hydrogen-bond donors (Lipinski definition) is 1. The second-order valence-electron chi connectivity index (χ2n) is 4.09. The molecule has 0 amide bonds. The topological polar surface area (TPSA) is 93.2 Å². The second kappa shape index (κ2) is 7.88. The Hall–Kier alpha value is -2.58. The van der Waals surface area contributed by atoms with Crippen molar-refractivity contribution >= 4 is 29.4 Å². The van der Waals surface area contributed by atoms with Crippen LogP contribution >= 0.6 is 11.6 Å². The fourth-order valence-corrected chi connectivity index (χ4v) is 1.49. The second-order valence-corrected chi connectivity index (χ2v) is 4.52. The first-order chi connectivity index (χ1) is 9.93. The molecule has 0 saturated heterocycles. The summed E-state index contributed by atoms with van der Waals surface area (Å²) in [6.07, 6.45) is 2.71. The molecular weight excluding hydrogens is 292 g/mol. The Labute approximate surface area is 127 Å². The average molecular weight is 305 g/mol. The van der Waals surface area contributed by atoms with Crippen molar-refractivity contribution in [3.05, 3.63) is 52.2 Å². The van der Waals surface area contributed by atoms with Gasteiger partial charge < -0.3 is 10.5 Å². The van der Waals surface area contributed by atoms with Crippen molar-refractivity contribution in [2.45, 2.75) is 6.92 Å². The molecule has 1 aromatic carbocycles. The molecular formula is C15H13ClN2O3. The van der Waals surface area contributed by atoms with Crippen molar-refractivity contribution in [1.29, 1.82) is 5.26 Å². The highest BCUT2D eigenvalue weighted by atomic mass is 35.5. The number of Topliss-reactive ketones (excluding diaryl/α,β-unsaturated/α-hetero) is 1. The fraction of sp³-hybridized carbons (Fsp3) is 0.133. The van der Waals surface area contributed by atoms with E-state index in [1.807, 2.05) is 0 Å². The van der Waals surface area contributed by atoms with E-state index < -0.39 is 18.4 Å². The van der Waals surface area contributed by atoms with Crippen LogP contribution < -0.4 is 5.73 Å². The predicted octanol–water partition coefficient (Wildman–Crippen LogP) is 2.22. The van der Waals surface area contributed by atoms with Gasteiger partial charge in [0.05, 0.1) is 0 Å². The van der Waals surface area contributed by atoms with Crippen molar-refractivity contribution in [3.8, 4) is 6.07 Å². The van der Waals surface area contributed by atoms with Crippen LogP contribution in [-0.2, 0) is 14.3 Å². The largest absolute Gasteiger partial charge is 0.454 e. The van der Waals surface area contributed by atoms with E-state index in [0.717, 1.165) is 5.56 Å². The van der Waals surface area contributed by atoms with E-state index >= 15 is 0 Å². The van der Waals surface area contributed by atoms with Crippen LogP contribution in [-0.4, -0.2) is 18.4 Å². The lowest BCUT2D eigenvalue weighted by Crippen LogP contribution is -2.16. The van der Waals surface area contributed by atoms with Crippen LogP contribution in [0, 0.1) is 11.3 Å². The third kappa shape index (κ3) is 5.51. The molecule has 108 valence electrons. The summed E-state index contributed by atoms with van der Waals surface area (Å²) in [6, 6.07) is 8.50. The molecule has 0 bridgehead atoms. The number of allylic oxidation sites excluding steroid dienone is 1. The van der Waals surface area contributed by atoms with Gasteiger partial charge in [0.25, 0.3) is 0 Å². The van der Waals surface area contributed by atoms with Crippen molar-refractivity contribution in [1.82, 2.24) is 0 Å². The van der Waals surface area contributed by atoms with Gasteiger partial charge in [0, 0.05) is 16.8 Å². The number of halogens is 1. The van der Waals surface area contributed by atoms with Gasteiger partial charge in [-0.05, 0) is 30.7 Å². The summed E-state index contributed by atoms with van der Waals surface area (Å²) in [5.74, 6) is -1.32. The first-order valence-electron chi connectivity index (χ1n) is 5.94. The third-order valence-electron chi connectivity index (χ3n) is 2.41. The molecule has 0 saturated carbocycles. The van der Waals surface area contributed by atoms with Crippen LogP contribution in [0.1, 0.15) is 12.5 Å². The molecule has 0 unspecified atom stereocenters. The fourth-order valence-electron chi connectivity index (χ4n) is 1.37. The molecule has 21 heavy (non-hydrogen) atoms. The molecule has 1 aromatic rings. The summed E-state index contributed by atoms with van der Waals surface area (Å²) < 4.78 is 4.74. The van der Waals surface area contributed by atoms with Crippen LogP contribution in [0.2, 0.25) is 5.02 Å². The highest BCUT2D eigenvalue weighted by molar-refractivity contribution is 6.30. The van der Waals surface area contributed by atoms with E-state index in [1.54, 1.807) is 30.3 Å². The van der Waals surface area contributed by atoms with E-state index in [-0.39, 0.29) is 11.3 Å². The quantitative estimate of drug-likeness (QED) is 0.511. The Kier molecular flexibility index (Phi) is 6.18. The molecule has 2 N–H and O–H groups in total. The zero-order valence-corrected chi connectivity index (χ0v) is 12.1. The standard InChI is InChI=1S/C15H13ClN2O3/c1-10(18)13(8-17)14(19)9-21-15(20)7-4-11-2-5-12(16)6-3-11/h2-7H,9,18H2,1H3/b7-4+,13-10+. The normalized spacial score (nSPS) is 11.7. The van der Waals surface area contributed by atoms with Crippen LogP contribution in [0.5, 0.6) is 0 Å². The Bertz CT molecular complexity index is 636. The number of nitriles is 1. The molecule has 0 aromatic heterocycles. The Morgan fingerprint density at radius 2 is 2.00 bits per heavy atom. The number of rotatable bonds is 5. The van der Waals surface area contributed by atoms with Crippen molar-refractivity contribution in [2.75, 3.05) is 6.61 Å². The smallest absolute Gasteiger partial charge is 0.331 e. The van der Waals surface area contributed by atoms with Crippen LogP contribution in [0.3, 0.4) is 0 Å². The molecule has 0 spiro atoms. The minimum Gasteiger partial charge on any atom is -0.454 e. The number of carbonyl (C=O) groups is 2. The van der Waals surface area contributed by atoms with Crippen LogP contribution in [0.25, 0.3) is 6.08 Å². The third-order valence-corrected chi connectivity index (χ3v) is 2.66. The summed E-state index contributed by atoms with van der Waals surface area (Å²) in [5, 5.41) is 9.32. The van der Waals surface area contributed by atoms with Gasteiger partial charge >= 0.3 is 5.97 Å². The maximum atomic E-state index is 11.6. The number of nitrogens with zero attached hydrogens (tertiary/aromatic N) is 1. The van der Waals surface area contributed by atoms with Crippen molar-refractivity contribution in [3.63, 3.8) is 0 Å². The molecule has 0 aliphatic rings. The predicted molar refractivity (Wildman–Crippen MR) is 79.0 cm³/mol. The molecule has 0 fully saturated rings. The lowest BCUT2D eigenvalue weighted by molar-refractivity contribution is -0.141. The van der Waals surface area contributed by atoms with Gasteiger partial charge in [-0.3, -0.25) is 4.79 Å². The van der Waals surface area contributed by atoms with Gasteiger partial charge in [0.1, 0.15) is 11.6 Å². The number of nitrogens with two attached hydrogens (primary N) is 1. The maximum Gasteiger partial charge on any atom is 0.331 e. The van der Waals surface area contributed by atoms with Gasteiger partial charge in [-0.2, -0.15) is 5.26 Å². The molecule has 0 radical (unpaired) electrons. The zero-order valence-electron chi connectivity index (χ0n) is 11.3. The first kappa shape index (κ1) is 16.5. The minimum atomic E-state index is -0.690. The zero-order chi connectivity index (χ0) is 15.8. The monoisotopic (exact) mass is 304 g/mol. The number of ether oxygens (including phenoxy) is 1.